The highest BCUT2D eigenvalue weighted by molar-refractivity contribution is 5.75. The maximum absolute atomic E-state index is 11.9. The molecule has 0 bridgehead atoms. The monoisotopic (exact) mass is 329 g/mol. The number of hydrogen-bond acceptors (Lipinski definition) is 5. The highest BCUT2D eigenvalue weighted by atomic mass is 16.5. The second-order valence-electron chi connectivity index (χ2n) is 5.29. The van der Waals surface area contributed by atoms with Crippen molar-refractivity contribution in [3.05, 3.63) is 59.7 Å². The molecule has 0 radical (unpaired) electrons. The number of benzene rings is 2. The van der Waals surface area contributed by atoms with Gasteiger partial charge >= 0.3 is 11.9 Å². The van der Waals surface area contributed by atoms with Crippen molar-refractivity contribution in [2.75, 3.05) is 7.11 Å². The van der Waals surface area contributed by atoms with Crippen molar-refractivity contribution >= 4 is 11.9 Å². The van der Waals surface area contributed by atoms with Gasteiger partial charge in [0.15, 0.2) is 0 Å². The Morgan fingerprint density at radius 2 is 1.54 bits per heavy atom. The Morgan fingerprint density at radius 3 is 2.08 bits per heavy atom. The summed E-state index contributed by atoms with van der Waals surface area (Å²) >= 11 is 0. The second-order valence-corrected chi connectivity index (χ2v) is 5.29. The van der Waals surface area contributed by atoms with Crippen molar-refractivity contribution in [2.45, 2.75) is 18.9 Å². The van der Waals surface area contributed by atoms with E-state index < -0.39 is 12.0 Å². The van der Waals surface area contributed by atoms with Crippen molar-refractivity contribution in [3.8, 4) is 11.5 Å². The molecular weight excluding hydrogens is 310 g/mol. The van der Waals surface area contributed by atoms with Gasteiger partial charge in [-0.15, -0.1) is 0 Å². The fourth-order valence-electron chi connectivity index (χ4n) is 2.11. The zero-order chi connectivity index (χ0) is 17.5. The number of rotatable bonds is 7. The van der Waals surface area contributed by atoms with Crippen LogP contribution in [0.15, 0.2) is 48.5 Å². The van der Waals surface area contributed by atoms with E-state index in [9.17, 15) is 9.59 Å². The molecule has 2 aromatic carbocycles. The lowest BCUT2D eigenvalue weighted by molar-refractivity contribution is -0.138. The molecule has 0 saturated carbocycles. The van der Waals surface area contributed by atoms with Crippen LogP contribution in [0.4, 0.5) is 0 Å². The maximum atomic E-state index is 11.9. The van der Waals surface area contributed by atoms with Gasteiger partial charge in [-0.05, 0) is 41.8 Å². The van der Waals surface area contributed by atoms with Crippen LogP contribution in [-0.2, 0) is 22.4 Å². The topological polar surface area (TPSA) is 98.9 Å². The number of aliphatic carboxylic acids is 1. The van der Waals surface area contributed by atoms with Crippen LogP contribution in [0.2, 0.25) is 0 Å². The van der Waals surface area contributed by atoms with E-state index in [4.69, 9.17) is 20.3 Å². The zero-order valence-electron chi connectivity index (χ0n) is 13.3. The third-order valence-corrected chi connectivity index (χ3v) is 3.44. The minimum atomic E-state index is -1.05. The molecule has 2 rings (SSSR count). The standard InChI is InChI=1S/C18H19NO5/c1-23-14-6-2-13(3-7-14)11-17(20)24-15-8-4-12(5-9-15)10-16(19)18(21)22/h2-9,16H,10-11,19H2,1H3,(H,21,22). The van der Waals surface area contributed by atoms with E-state index in [1.807, 2.05) is 0 Å². The first-order chi connectivity index (χ1) is 11.5. The summed E-state index contributed by atoms with van der Waals surface area (Å²) < 4.78 is 10.3. The number of nitrogens with two attached hydrogens (primary N) is 1. The third kappa shape index (κ3) is 5.10. The Morgan fingerprint density at radius 1 is 1.00 bits per heavy atom. The summed E-state index contributed by atoms with van der Waals surface area (Å²) in [4.78, 5) is 22.7. The van der Waals surface area contributed by atoms with E-state index in [1.165, 1.54) is 0 Å². The molecular formula is C18H19NO5. The normalized spacial score (nSPS) is 11.6. The SMILES string of the molecule is COc1ccc(CC(=O)Oc2ccc(CC(N)C(=O)O)cc2)cc1. The van der Waals surface area contributed by atoms with Gasteiger partial charge in [-0.3, -0.25) is 9.59 Å². The lowest BCUT2D eigenvalue weighted by Crippen LogP contribution is -2.32. The average Bonchev–Trinajstić information content (AvgIpc) is 2.57. The summed E-state index contributed by atoms with van der Waals surface area (Å²) in [6, 6.07) is 12.8. The summed E-state index contributed by atoms with van der Waals surface area (Å²) in [6.07, 6.45) is 0.366. The van der Waals surface area contributed by atoms with Crippen LogP contribution >= 0.6 is 0 Å². The number of ether oxygens (including phenoxy) is 2. The molecule has 126 valence electrons. The van der Waals surface area contributed by atoms with Crippen LogP contribution in [0.5, 0.6) is 11.5 Å². The molecule has 0 spiro atoms. The summed E-state index contributed by atoms with van der Waals surface area (Å²) in [7, 11) is 1.58. The highest BCUT2D eigenvalue weighted by Gasteiger charge is 2.12. The first kappa shape index (κ1) is 17.5. The van der Waals surface area contributed by atoms with Gasteiger partial charge in [0.25, 0.3) is 0 Å². The van der Waals surface area contributed by atoms with E-state index in [0.717, 1.165) is 16.9 Å². The van der Waals surface area contributed by atoms with Crippen LogP contribution in [-0.4, -0.2) is 30.2 Å². The van der Waals surface area contributed by atoms with Gasteiger partial charge < -0.3 is 20.3 Å². The van der Waals surface area contributed by atoms with Crippen LogP contribution in [0.3, 0.4) is 0 Å². The molecule has 6 nitrogen and oxygen atoms in total. The maximum Gasteiger partial charge on any atom is 0.320 e. The van der Waals surface area contributed by atoms with E-state index in [0.29, 0.717) is 5.75 Å². The molecule has 0 saturated heterocycles. The summed E-state index contributed by atoms with van der Waals surface area (Å²) in [6.45, 7) is 0. The van der Waals surface area contributed by atoms with Crippen LogP contribution in [0.1, 0.15) is 11.1 Å². The quantitative estimate of drug-likeness (QED) is 0.593. The number of carboxylic acids is 1. The minimum Gasteiger partial charge on any atom is -0.497 e. The van der Waals surface area contributed by atoms with Crippen molar-refractivity contribution in [1.29, 1.82) is 0 Å². The van der Waals surface area contributed by atoms with E-state index in [-0.39, 0.29) is 18.8 Å². The fraction of sp³-hybridized carbons (Fsp3) is 0.222. The number of carbonyl (C=O) groups is 2. The second kappa shape index (κ2) is 8.12. The van der Waals surface area contributed by atoms with E-state index in [1.54, 1.807) is 55.6 Å². The molecule has 1 atom stereocenters. The molecule has 0 aromatic heterocycles. The van der Waals surface area contributed by atoms with Gasteiger partial charge in [-0.1, -0.05) is 24.3 Å². The van der Waals surface area contributed by atoms with E-state index in [2.05, 4.69) is 0 Å². The molecule has 24 heavy (non-hydrogen) atoms. The molecule has 6 heteroatoms. The van der Waals surface area contributed by atoms with Gasteiger partial charge in [0, 0.05) is 0 Å². The Balaban J connectivity index is 1.90. The van der Waals surface area contributed by atoms with Gasteiger partial charge in [0.2, 0.25) is 0 Å². The van der Waals surface area contributed by atoms with Crippen LogP contribution < -0.4 is 15.2 Å². The Hall–Kier alpha value is -2.86. The predicted octanol–water partition coefficient (Wildman–Crippen LogP) is 1.80. The third-order valence-electron chi connectivity index (χ3n) is 3.44. The molecule has 0 aliphatic rings. The summed E-state index contributed by atoms with van der Waals surface area (Å²) in [5.74, 6) is -0.302. The zero-order valence-corrected chi connectivity index (χ0v) is 13.3. The number of carbonyl (C=O) groups excluding carboxylic acids is 1. The summed E-state index contributed by atoms with van der Waals surface area (Å²) in [5, 5.41) is 8.79. The minimum absolute atomic E-state index is 0.148. The van der Waals surface area contributed by atoms with Gasteiger partial charge in [0.05, 0.1) is 13.5 Å². The van der Waals surface area contributed by atoms with Crippen LogP contribution in [0.25, 0.3) is 0 Å². The Labute approximate surface area is 139 Å². The lowest BCUT2D eigenvalue weighted by atomic mass is 10.1. The fourth-order valence-corrected chi connectivity index (χ4v) is 2.11. The Kier molecular flexibility index (Phi) is 5.92. The number of carboxylic acid groups (broad SMARTS) is 1. The van der Waals surface area contributed by atoms with Crippen molar-refractivity contribution < 1.29 is 24.2 Å². The number of methoxy groups -OCH3 is 1. The van der Waals surface area contributed by atoms with Gasteiger partial charge in [0.1, 0.15) is 17.5 Å². The molecule has 3 N–H and O–H groups in total. The summed E-state index contributed by atoms with van der Waals surface area (Å²) in [5.41, 5.74) is 7.07. The average molecular weight is 329 g/mol. The molecule has 0 aliphatic carbocycles. The van der Waals surface area contributed by atoms with Crippen molar-refractivity contribution in [2.24, 2.45) is 5.73 Å². The molecule has 2 aromatic rings. The molecule has 0 heterocycles. The van der Waals surface area contributed by atoms with E-state index >= 15 is 0 Å². The lowest BCUT2D eigenvalue weighted by Gasteiger charge is -2.08. The highest BCUT2D eigenvalue weighted by Crippen LogP contribution is 2.16. The van der Waals surface area contributed by atoms with Gasteiger partial charge in [-0.2, -0.15) is 0 Å². The van der Waals surface area contributed by atoms with Crippen molar-refractivity contribution in [1.82, 2.24) is 0 Å². The molecule has 0 amide bonds. The smallest absolute Gasteiger partial charge is 0.320 e. The molecule has 0 fully saturated rings. The first-order valence-corrected chi connectivity index (χ1v) is 7.39. The predicted molar refractivity (Wildman–Crippen MR) is 88.1 cm³/mol. The number of hydrogen-bond donors (Lipinski definition) is 2. The Bertz CT molecular complexity index is 694. The first-order valence-electron chi connectivity index (χ1n) is 7.39. The number of esters is 1. The largest absolute Gasteiger partial charge is 0.497 e. The van der Waals surface area contributed by atoms with Crippen LogP contribution in [0, 0.1) is 0 Å². The molecule has 0 aliphatic heterocycles. The van der Waals surface area contributed by atoms with Crippen molar-refractivity contribution in [3.63, 3.8) is 0 Å². The van der Waals surface area contributed by atoms with Gasteiger partial charge in [-0.25, -0.2) is 0 Å². The molecule has 1 unspecified atom stereocenters.